The summed E-state index contributed by atoms with van der Waals surface area (Å²) >= 11 is 1.91. The minimum Gasteiger partial charge on any atom is -0.313 e. The molecule has 0 aliphatic heterocycles. The lowest BCUT2D eigenvalue weighted by atomic mass is 9.99. The predicted molar refractivity (Wildman–Crippen MR) is 177 cm³/mol. The second kappa shape index (κ2) is 7.75. The van der Waals surface area contributed by atoms with Gasteiger partial charge in [-0.3, -0.25) is 0 Å². The molecule has 10 aromatic rings. The normalized spacial score (nSPS) is 12.4. The van der Waals surface area contributed by atoms with E-state index >= 15 is 0 Å². The van der Waals surface area contributed by atoms with Crippen molar-refractivity contribution in [2.24, 2.45) is 0 Å². The molecule has 0 amide bonds. The molecule has 0 radical (unpaired) electrons. The fraction of sp³-hybridized carbons (Fsp3) is 0. The van der Waals surface area contributed by atoms with Gasteiger partial charge < -0.3 is 8.97 Å². The van der Waals surface area contributed by atoms with Crippen LogP contribution in [0.15, 0.2) is 134 Å². The van der Waals surface area contributed by atoms with Gasteiger partial charge in [-0.05, 0) is 24.3 Å². The number of fused-ring (bicyclic) bond motifs is 16. The molecule has 41 heavy (non-hydrogen) atoms. The molecule has 0 aliphatic rings. The molecular formula is C38H22N2S. The van der Waals surface area contributed by atoms with Gasteiger partial charge in [-0.15, -0.1) is 11.3 Å². The average Bonchev–Trinajstić information content (AvgIpc) is 3.71. The third kappa shape index (κ3) is 2.71. The highest BCUT2D eigenvalue weighted by molar-refractivity contribution is 7.26. The molecule has 6 aromatic carbocycles. The van der Waals surface area contributed by atoms with E-state index in [2.05, 4.69) is 143 Å². The Kier molecular flexibility index (Phi) is 4.10. The van der Waals surface area contributed by atoms with Crippen molar-refractivity contribution >= 4 is 91.3 Å². The first kappa shape index (κ1) is 21.7. The highest BCUT2D eigenvalue weighted by atomic mass is 32.1. The van der Waals surface area contributed by atoms with E-state index in [-0.39, 0.29) is 0 Å². The summed E-state index contributed by atoms with van der Waals surface area (Å²) in [7, 11) is 0. The standard InChI is InChI=1S/C38H22N2S/c1-2-11-24(12-3-1)40-32-16-8-6-14-26(32)28-18-20-30-34(36(28)40)31-21-19-29-27-15-7-9-17-33(27)41-38(29)37(31)39-22-23-10-4-5-13-25(23)35(30)39/h1-22H. The molecule has 0 saturated carbocycles. The van der Waals surface area contributed by atoms with Crippen LogP contribution in [-0.4, -0.2) is 8.97 Å². The Hall–Kier alpha value is -5.12. The number of para-hydroxylation sites is 2. The first-order chi connectivity index (χ1) is 20.4. The van der Waals surface area contributed by atoms with E-state index in [0.717, 1.165) is 0 Å². The lowest BCUT2D eigenvalue weighted by molar-refractivity contribution is 1.19. The van der Waals surface area contributed by atoms with Crippen LogP contribution in [0.3, 0.4) is 0 Å². The Morgan fingerprint density at radius 1 is 0.439 bits per heavy atom. The first-order valence-electron chi connectivity index (χ1n) is 14.0. The van der Waals surface area contributed by atoms with Gasteiger partial charge in [0.1, 0.15) is 0 Å². The molecule has 0 fully saturated rings. The van der Waals surface area contributed by atoms with Crippen LogP contribution in [0.2, 0.25) is 0 Å². The number of nitrogens with zero attached hydrogens (tertiary/aromatic N) is 2. The molecular weight excluding hydrogens is 516 g/mol. The van der Waals surface area contributed by atoms with Crippen LogP contribution < -0.4 is 0 Å². The molecule has 4 aromatic heterocycles. The van der Waals surface area contributed by atoms with Crippen LogP contribution in [0.25, 0.3) is 85.6 Å². The van der Waals surface area contributed by atoms with E-state index in [0.29, 0.717) is 0 Å². The highest BCUT2D eigenvalue weighted by Gasteiger charge is 2.22. The Morgan fingerprint density at radius 2 is 1.10 bits per heavy atom. The molecule has 190 valence electrons. The van der Waals surface area contributed by atoms with Crippen LogP contribution in [0, 0.1) is 0 Å². The van der Waals surface area contributed by atoms with Crippen molar-refractivity contribution in [3.05, 3.63) is 134 Å². The summed E-state index contributed by atoms with van der Waals surface area (Å²) in [5, 5.41) is 11.7. The van der Waals surface area contributed by atoms with E-state index in [1.807, 2.05) is 11.3 Å². The highest BCUT2D eigenvalue weighted by Crippen LogP contribution is 2.46. The smallest absolute Gasteiger partial charge is 0.0714 e. The van der Waals surface area contributed by atoms with Crippen LogP contribution in [0.5, 0.6) is 0 Å². The fourth-order valence-corrected chi connectivity index (χ4v) is 8.45. The fourth-order valence-electron chi connectivity index (χ4n) is 7.20. The van der Waals surface area contributed by atoms with Crippen LogP contribution in [-0.2, 0) is 0 Å². The molecule has 2 nitrogen and oxygen atoms in total. The number of thiophene rings is 1. The molecule has 0 bridgehead atoms. The summed E-state index contributed by atoms with van der Waals surface area (Å²) in [5.74, 6) is 0. The molecule has 0 spiro atoms. The average molecular weight is 539 g/mol. The zero-order chi connectivity index (χ0) is 26.7. The topological polar surface area (TPSA) is 9.34 Å². The lowest BCUT2D eigenvalue weighted by Gasteiger charge is -2.15. The zero-order valence-electron chi connectivity index (χ0n) is 22.0. The number of benzene rings is 6. The predicted octanol–water partition coefficient (Wildman–Crippen LogP) is 10.9. The summed E-state index contributed by atoms with van der Waals surface area (Å²) in [5.41, 5.74) is 6.26. The van der Waals surface area contributed by atoms with E-state index in [4.69, 9.17) is 0 Å². The van der Waals surface area contributed by atoms with Gasteiger partial charge in [0.25, 0.3) is 0 Å². The van der Waals surface area contributed by atoms with Gasteiger partial charge in [0.2, 0.25) is 0 Å². The summed E-state index contributed by atoms with van der Waals surface area (Å²) in [6, 6.07) is 46.7. The van der Waals surface area contributed by atoms with Crippen molar-refractivity contribution in [1.29, 1.82) is 0 Å². The monoisotopic (exact) mass is 538 g/mol. The van der Waals surface area contributed by atoms with Gasteiger partial charge in [-0.25, -0.2) is 0 Å². The minimum absolute atomic E-state index is 1.18. The van der Waals surface area contributed by atoms with Crippen LogP contribution in [0.4, 0.5) is 0 Å². The maximum Gasteiger partial charge on any atom is 0.0714 e. The van der Waals surface area contributed by atoms with Crippen LogP contribution >= 0.6 is 11.3 Å². The molecule has 0 atom stereocenters. The number of rotatable bonds is 1. The lowest BCUT2D eigenvalue weighted by Crippen LogP contribution is -1.96. The number of aromatic nitrogens is 2. The Bertz CT molecular complexity index is 2690. The quantitative estimate of drug-likeness (QED) is 0.184. The van der Waals surface area contributed by atoms with Gasteiger partial charge in [0, 0.05) is 65.1 Å². The van der Waals surface area contributed by atoms with E-state index in [9.17, 15) is 0 Å². The van der Waals surface area contributed by atoms with Crippen molar-refractivity contribution in [2.45, 2.75) is 0 Å². The SMILES string of the molecule is c1ccc(-n2c3ccccc3c3ccc4c(c5ccc6c7ccccc7sc6c5n5cc6ccccc6c45)c32)cc1. The molecule has 3 heteroatoms. The maximum atomic E-state index is 2.48. The van der Waals surface area contributed by atoms with Crippen molar-refractivity contribution < 1.29 is 0 Å². The molecule has 0 saturated heterocycles. The summed E-state index contributed by atoms with van der Waals surface area (Å²) in [6.07, 6.45) is 2.34. The Morgan fingerprint density at radius 3 is 1.98 bits per heavy atom. The van der Waals surface area contributed by atoms with E-state index in [1.54, 1.807) is 0 Å². The molecule has 0 aliphatic carbocycles. The van der Waals surface area contributed by atoms with Gasteiger partial charge >= 0.3 is 0 Å². The largest absolute Gasteiger partial charge is 0.313 e. The van der Waals surface area contributed by atoms with Gasteiger partial charge in [0.15, 0.2) is 0 Å². The molecule has 4 heterocycles. The summed E-state index contributed by atoms with van der Waals surface area (Å²) < 4.78 is 7.62. The van der Waals surface area contributed by atoms with Crippen molar-refractivity contribution in [1.82, 2.24) is 8.97 Å². The molecule has 10 rings (SSSR count). The number of pyridine rings is 1. The third-order valence-corrected chi connectivity index (χ3v) is 10.1. The van der Waals surface area contributed by atoms with Crippen molar-refractivity contribution in [2.75, 3.05) is 0 Å². The van der Waals surface area contributed by atoms with Gasteiger partial charge in [0.05, 0.1) is 26.8 Å². The van der Waals surface area contributed by atoms with Crippen molar-refractivity contribution in [3.8, 4) is 5.69 Å². The van der Waals surface area contributed by atoms with Gasteiger partial charge in [-0.2, -0.15) is 0 Å². The second-order valence-corrected chi connectivity index (χ2v) is 12.0. The summed E-state index contributed by atoms with van der Waals surface area (Å²) in [4.78, 5) is 0. The Balaban J connectivity index is 1.57. The Labute approximate surface area is 238 Å². The van der Waals surface area contributed by atoms with Crippen LogP contribution in [0.1, 0.15) is 0 Å². The summed E-state index contributed by atoms with van der Waals surface area (Å²) in [6.45, 7) is 0. The minimum atomic E-state index is 1.18. The second-order valence-electron chi connectivity index (χ2n) is 10.9. The number of hydrogen-bond donors (Lipinski definition) is 0. The number of hydrogen-bond acceptors (Lipinski definition) is 1. The zero-order valence-corrected chi connectivity index (χ0v) is 22.8. The van der Waals surface area contributed by atoms with E-state index in [1.165, 1.54) is 85.6 Å². The van der Waals surface area contributed by atoms with E-state index < -0.39 is 0 Å². The molecule has 0 N–H and O–H groups in total. The van der Waals surface area contributed by atoms with Crippen molar-refractivity contribution in [3.63, 3.8) is 0 Å². The molecule has 0 unspecified atom stereocenters. The maximum absolute atomic E-state index is 2.48. The van der Waals surface area contributed by atoms with Gasteiger partial charge in [-0.1, -0.05) is 103 Å². The first-order valence-corrected chi connectivity index (χ1v) is 14.9. The third-order valence-electron chi connectivity index (χ3n) is 8.86.